The molecule has 0 radical (unpaired) electrons. The molecule has 0 amide bonds. The molecule has 2 heterocycles. The van der Waals surface area contributed by atoms with Crippen LogP contribution in [0, 0.1) is 0 Å². The van der Waals surface area contributed by atoms with Gasteiger partial charge in [-0.05, 0) is 49.2 Å². The van der Waals surface area contributed by atoms with Gasteiger partial charge in [0, 0.05) is 17.9 Å². The summed E-state index contributed by atoms with van der Waals surface area (Å²) in [4.78, 5) is 12.3. The van der Waals surface area contributed by atoms with Crippen molar-refractivity contribution < 1.29 is 4.74 Å². The third-order valence-electron chi connectivity index (χ3n) is 3.45. The van der Waals surface area contributed by atoms with E-state index < -0.39 is 0 Å². The Balaban J connectivity index is 1.89. The Kier molecular flexibility index (Phi) is 2.99. The molecule has 19 heavy (non-hydrogen) atoms. The number of rotatable bonds is 3. The van der Waals surface area contributed by atoms with Crippen molar-refractivity contribution in [3.63, 3.8) is 0 Å². The Labute approximate surface area is 111 Å². The molecule has 3 rings (SSSR count). The number of nitrogens with zero attached hydrogens (tertiary/aromatic N) is 1. The van der Waals surface area contributed by atoms with Crippen molar-refractivity contribution in [2.24, 2.45) is 0 Å². The molecule has 2 aromatic rings. The van der Waals surface area contributed by atoms with Crippen molar-refractivity contribution in [2.45, 2.75) is 19.4 Å². The van der Waals surface area contributed by atoms with Crippen LogP contribution in [-0.2, 0) is 13.0 Å². The van der Waals surface area contributed by atoms with E-state index in [-0.39, 0.29) is 5.56 Å². The highest BCUT2D eigenvalue weighted by Gasteiger charge is 2.13. The van der Waals surface area contributed by atoms with Gasteiger partial charge in [0.2, 0.25) is 0 Å². The predicted octanol–water partition coefficient (Wildman–Crippen LogP) is 2.55. The molecule has 0 atom stereocenters. The molecule has 0 bridgehead atoms. The fraction of sp³-hybridized carbons (Fsp3) is 0.267. The van der Waals surface area contributed by atoms with Crippen LogP contribution in [-0.4, -0.2) is 11.7 Å². The van der Waals surface area contributed by atoms with E-state index >= 15 is 0 Å². The Morgan fingerprint density at radius 1 is 1.16 bits per heavy atom. The SMILES string of the molecule is COc1ccc(Nc2ccc3n(c2=O)CCC3)cc1. The van der Waals surface area contributed by atoms with Gasteiger partial charge in [-0.25, -0.2) is 0 Å². The summed E-state index contributed by atoms with van der Waals surface area (Å²) >= 11 is 0. The molecule has 0 fully saturated rings. The average Bonchev–Trinajstić information content (AvgIpc) is 2.92. The van der Waals surface area contributed by atoms with Gasteiger partial charge in [-0.2, -0.15) is 0 Å². The zero-order valence-corrected chi connectivity index (χ0v) is 10.8. The molecule has 0 spiro atoms. The molecule has 4 heteroatoms. The van der Waals surface area contributed by atoms with Crippen LogP contribution in [0.2, 0.25) is 0 Å². The van der Waals surface area contributed by atoms with E-state index in [0.29, 0.717) is 5.69 Å². The summed E-state index contributed by atoms with van der Waals surface area (Å²) in [6.07, 6.45) is 2.05. The summed E-state index contributed by atoms with van der Waals surface area (Å²) in [5, 5.41) is 3.16. The fourth-order valence-corrected chi connectivity index (χ4v) is 2.42. The van der Waals surface area contributed by atoms with Gasteiger partial charge in [0.1, 0.15) is 11.4 Å². The molecule has 1 aliphatic rings. The maximum atomic E-state index is 12.3. The third kappa shape index (κ3) is 2.21. The van der Waals surface area contributed by atoms with Crippen LogP contribution in [0.25, 0.3) is 0 Å². The van der Waals surface area contributed by atoms with Gasteiger partial charge in [0.25, 0.3) is 5.56 Å². The lowest BCUT2D eigenvalue weighted by atomic mass is 10.2. The fourth-order valence-electron chi connectivity index (χ4n) is 2.42. The van der Waals surface area contributed by atoms with Crippen molar-refractivity contribution in [1.82, 2.24) is 4.57 Å². The Hall–Kier alpha value is -2.23. The van der Waals surface area contributed by atoms with Crippen LogP contribution in [0.3, 0.4) is 0 Å². The second kappa shape index (κ2) is 4.80. The summed E-state index contributed by atoms with van der Waals surface area (Å²) in [5.41, 5.74) is 2.70. The normalized spacial score (nSPS) is 13.1. The molecule has 4 nitrogen and oxygen atoms in total. The van der Waals surface area contributed by atoms with Crippen LogP contribution in [0.1, 0.15) is 12.1 Å². The van der Waals surface area contributed by atoms with Crippen LogP contribution in [0.5, 0.6) is 5.75 Å². The number of anilines is 2. The highest BCUT2D eigenvalue weighted by atomic mass is 16.5. The molecule has 1 aromatic carbocycles. The minimum Gasteiger partial charge on any atom is -0.497 e. The topological polar surface area (TPSA) is 43.3 Å². The zero-order valence-electron chi connectivity index (χ0n) is 10.8. The lowest BCUT2D eigenvalue weighted by Crippen LogP contribution is -2.21. The molecule has 0 aliphatic carbocycles. The first-order valence-corrected chi connectivity index (χ1v) is 6.42. The minimum atomic E-state index is 0.0609. The number of fused-ring (bicyclic) bond motifs is 1. The molecule has 0 saturated heterocycles. The van der Waals surface area contributed by atoms with E-state index in [1.165, 1.54) is 0 Å². The first kappa shape index (κ1) is 11.8. The standard InChI is InChI=1S/C15H16N2O2/c1-19-13-7-4-11(5-8-13)16-14-9-6-12-3-2-10-17(12)15(14)18/h4-9,16H,2-3,10H2,1H3. The smallest absolute Gasteiger partial charge is 0.274 e. The van der Waals surface area contributed by atoms with E-state index in [4.69, 9.17) is 4.74 Å². The first-order valence-electron chi connectivity index (χ1n) is 6.42. The number of benzene rings is 1. The van der Waals surface area contributed by atoms with Crippen LogP contribution < -0.4 is 15.6 Å². The third-order valence-corrected chi connectivity index (χ3v) is 3.45. The van der Waals surface area contributed by atoms with Crippen molar-refractivity contribution >= 4 is 11.4 Å². The lowest BCUT2D eigenvalue weighted by Gasteiger charge is -2.09. The van der Waals surface area contributed by atoms with E-state index in [0.717, 1.165) is 36.5 Å². The predicted molar refractivity (Wildman–Crippen MR) is 75.3 cm³/mol. The number of hydrogen-bond donors (Lipinski definition) is 1. The van der Waals surface area contributed by atoms with Crippen LogP contribution in [0.4, 0.5) is 11.4 Å². The van der Waals surface area contributed by atoms with Gasteiger partial charge in [-0.15, -0.1) is 0 Å². The van der Waals surface area contributed by atoms with Gasteiger partial charge >= 0.3 is 0 Å². The number of hydrogen-bond acceptors (Lipinski definition) is 3. The maximum Gasteiger partial charge on any atom is 0.274 e. The summed E-state index contributed by atoms with van der Waals surface area (Å²) in [6.45, 7) is 0.826. The Morgan fingerprint density at radius 3 is 2.68 bits per heavy atom. The van der Waals surface area contributed by atoms with Crippen LogP contribution in [0.15, 0.2) is 41.2 Å². The number of pyridine rings is 1. The van der Waals surface area contributed by atoms with Crippen molar-refractivity contribution in [3.05, 3.63) is 52.4 Å². The molecule has 1 aliphatic heterocycles. The van der Waals surface area contributed by atoms with Crippen LogP contribution >= 0.6 is 0 Å². The van der Waals surface area contributed by atoms with Gasteiger partial charge in [-0.3, -0.25) is 4.79 Å². The van der Waals surface area contributed by atoms with Gasteiger partial charge in [0.15, 0.2) is 0 Å². The molecule has 98 valence electrons. The Bertz CT molecular complexity index is 644. The maximum absolute atomic E-state index is 12.3. The second-order valence-corrected chi connectivity index (χ2v) is 4.65. The summed E-state index contributed by atoms with van der Waals surface area (Å²) in [7, 11) is 1.63. The molecule has 0 saturated carbocycles. The van der Waals surface area contributed by atoms with Gasteiger partial charge < -0.3 is 14.6 Å². The van der Waals surface area contributed by atoms with Gasteiger partial charge in [0.05, 0.1) is 7.11 Å². The number of nitrogens with one attached hydrogen (secondary N) is 1. The molecular weight excluding hydrogens is 240 g/mol. The molecule has 1 N–H and O–H groups in total. The Morgan fingerprint density at radius 2 is 1.95 bits per heavy atom. The van der Waals surface area contributed by atoms with Crippen molar-refractivity contribution in [3.8, 4) is 5.75 Å². The number of ether oxygens (including phenoxy) is 1. The van der Waals surface area contributed by atoms with E-state index in [1.54, 1.807) is 7.11 Å². The van der Waals surface area contributed by atoms with E-state index in [2.05, 4.69) is 5.32 Å². The summed E-state index contributed by atoms with van der Waals surface area (Å²) in [5.74, 6) is 0.802. The first-order chi connectivity index (χ1) is 9.28. The van der Waals surface area contributed by atoms with Crippen molar-refractivity contribution in [2.75, 3.05) is 12.4 Å². The van der Waals surface area contributed by atoms with E-state index in [1.807, 2.05) is 41.0 Å². The minimum absolute atomic E-state index is 0.0609. The summed E-state index contributed by atoms with van der Waals surface area (Å²) < 4.78 is 6.96. The highest BCUT2D eigenvalue weighted by molar-refractivity contribution is 5.59. The largest absolute Gasteiger partial charge is 0.497 e. The number of aromatic nitrogens is 1. The number of methoxy groups -OCH3 is 1. The summed E-state index contributed by atoms with van der Waals surface area (Å²) in [6, 6.07) is 11.4. The monoisotopic (exact) mass is 256 g/mol. The number of aryl methyl sites for hydroxylation is 1. The second-order valence-electron chi connectivity index (χ2n) is 4.65. The van der Waals surface area contributed by atoms with E-state index in [9.17, 15) is 4.79 Å². The van der Waals surface area contributed by atoms with Gasteiger partial charge in [-0.1, -0.05) is 0 Å². The quantitative estimate of drug-likeness (QED) is 0.917. The average molecular weight is 256 g/mol. The van der Waals surface area contributed by atoms with Crippen molar-refractivity contribution in [1.29, 1.82) is 0 Å². The molecule has 0 unspecified atom stereocenters. The highest BCUT2D eigenvalue weighted by Crippen LogP contribution is 2.19. The zero-order chi connectivity index (χ0) is 13.2. The molecule has 1 aromatic heterocycles. The lowest BCUT2D eigenvalue weighted by molar-refractivity contribution is 0.415. The molecular formula is C15H16N2O2.